The van der Waals surface area contributed by atoms with E-state index in [1.54, 1.807) is 18.2 Å². The van der Waals surface area contributed by atoms with E-state index in [0.717, 1.165) is 49.4 Å². The zero-order valence-electron chi connectivity index (χ0n) is 19.6. The van der Waals surface area contributed by atoms with Crippen LogP contribution < -0.4 is 15.5 Å². The van der Waals surface area contributed by atoms with Crippen LogP contribution in [0.4, 0.5) is 21.6 Å². The summed E-state index contributed by atoms with van der Waals surface area (Å²) in [5, 5.41) is 6.00. The van der Waals surface area contributed by atoms with E-state index in [1.165, 1.54) is 5.69 Å². The molecule has 2 aliphatic rings. The zero-order valence-corrected chi connectivity index (χ0v) is 19.6. The number of nitrogens with zero attached hydrogens (tertiary/aromatic N) is 3. The van der Waals surface area contributed by atoms with Gasteiger partial charge in [-0.25, -0.2) is 4.98 Å². The van der Waals surface area contributed by atoms with Crippen LogP contribution in [0.5, 0.6) is 0 Å². The van der Waals surface area contributed by atoms with Gasteiger partial charge in [0, 0.05) is 61.3 Å². The van der Waals surface area contributed by atoms with Gasteiger partial charge < -0.3 is 15.5 Å². The molecule has 7 heteroatoms. The van der Waals surface area contributed by atoms with Gasteiger partial charge >= 0.3 is 0 Å². The first kappa shape index (κ1) is 22.3. The highest BCUT2D eigenvalue weighted by atomic mass is 19.1. The van der Waals surface area contributed by atoms with Gasteiger partial charge in [-0.1, -0.05) is 12.1 Å². The van der Waals surface area contributed by atoms with Gasteiger partial charge in [-0.2, -0.15) is 4.39 Å². The van der Waals surface area contributed by atoms with Crippen LogP contribution in [0.1, 0.15) is 29.8 Å². The van der Waals surface area contributed by atoms with E-state index >= 15 is 0 Å². The highest BCUT2D eigenvalue weighted by molar-refractivity contribution is 5.97. The third-order valence-corrected chi connectivity index (χ3v) is 6.74. The second kappa shape index (κ2) is 9.43. The van der Waals surface area contributed by atoms with Crippen molar-refractivity contribution in [2.24, 2.45) is 0 Å². The Morgan fingerprint density at radius 1 is 0.971 bits per heavy atom. The number of hydrogen-bond donors (Lipinski definition) is 2. The molecule has 3 aromatic rings. The van der Waals surface area contributed by atoms with E-state index in [-0.39, 0.29) is 5.91 Å². The van der Waals surface area contributed by atoms with Crippen molar-refractivity contribution in [3.8, 4) is 11.1 Å². The summed E-state index contributed by atoms with van der Waals surface area (Å²) < 4.78 is 14.9. The van der Waals surface area contributed by atoms with Crippen LogP contribution in [0.15, 0.2) is 54.6 Å². The predicted octanol–water partition coefficient (Wildman–Crippen LogP) is 4.45. The molecule has 1 saturated heterocycles. The molecule has 0 atom stereocenters. The van der Waals surface area contributed by atoms with Crippen molar-refractivity contribution in [1.29, 1.82) is 0 Å². The number of halogens is 1. The molecule has 0 spiro atoms. The molecular formula is C27H30FN5O. The summed E-state index contributed by atoms with van der Waals surface area (Å²) in [6.45, 7) is 9.22. The molecule has 2 aromatic carbocycles. The molecule has 0 saturated carbocycles. The molecule has 0 aliphatic carbocycles. The van der Waals surface area contributed by atoms with Crippen LogP contribution in [0.2, 0.25) is 0 Å². The van der Waals surface area contributed by atoms with Gasteiger partial charge in [-0.05, 0) is 73.9 Å². The fraction of sp³-hybridized carbons (Fsp3) is 0.333. The lowest BCUT2D eigenvalue weighted by Gasteiger charge is -2.38. The summed E-state index contributed by atoms with van der Waals surface area (Å²) in [5.41, 5.74) is 4.91. The van der Waals surface area contributed by atoms with Gasteiger partial charge in [-0.3, -0.25) is 9.69 Å². The minimum atomic E-state index is -0.513. The first-order valence-electron chi connectivity index (χ1n) is 11.9. The Morgan fingerprint density at radius 3 is 2.41 bits per heavy atom. The normalized spacial score (nSPS) is 16.4. The summed E-state index contributed by atoms with van der Waals surface area (Å²) in [6.07, 6.45) is 0.778. The third kappa shape index (κ3) is 4.61. The van der Waals surface area contributed by atoms with E-state index in [9.17, 15) is 9.18 Å². The van der Waals surface area contributed by atoms with Crippen molar-refractivity contribution in [3.05, 3.63) is 71.7 Å². The van der Waals surface area contributed by atoms with Crippen molar-refractivity contribution in [3.63, 3.8) is 0 Å². The van der Waals surface area contributed by atoms with E-state index in [1.807, 2.05) is 24.3 Å². The molecule has 0 bridgehead atoms. The summed E-state index contributed by atoms with van der Waals surface area (Å²) in [6, 6.07) is 17.7. The molecule has 176 valence electrons. The number of carbonyl (C=O) groups excluding carboxylic acids is 1. The number of pyridine rings is 1. The van der Waals surface area contributed by atoms with E-state index in [2.05, 4.69) is 51.4 Å². The molecule has 1 amide bonds. The summed E-state index contributed by atoms with van der Waals surface area (Å²) in [4.78, 5) is 20.9. The molecule has 34 heavy (non-hydrogen) atoms. The van der Waals surface area contributed by atoms with Gasteiger partial charge in [0.15, 0.2) is 0 Å². The fourth-order valence-electron chi connectivity index (χ4n) is 4.72. The van der Waals surface area contributed by atoms with E-state index < -0.39 is 5.95 Å². The quantitative estimate of drug-likeness (QED) is 0.552. The summed E-state index contributed by atoms with van der Waals surface area (Å²) >= 11 is 0. The Morgan fingerprint density at radius 2 is 1.71 bits per heavy atom. The number of piperazine rings is 1. The Hall–Kier alpha value is -3.45. The Balaban J connectivity index is 1.27. The first-order valence-corrected chi connectivity index (χ1v) is 11.9. The maximum atomic E-state index is 14.9. The second-order valence-electron chi connectivity index (χ2n) is 9.20. The van der Waals surface area contributed by atoms with Crippen LogP contribution in [0.25, 0.3) is 11.1 Å². The maximum Gasteiger partial charge on any atom is 0.251 e. The minimum Gasteiger partial charge on any atom is -0.369 e. The van der Waals surface area contributed by atoms with Gasteiger partial charge in [0.2, 0.25) is 5.95 Å². The number of nitrogens with one attached hydrogen (secondary N) is 2. The van der Waals surface area contributed by atoms with Crippen LogP contribution in [-0.2, 0) is 6.42 Å². The van der Waals surface area contributed by atoms with Gasteiger partial charge in [0.25, 0.3) is 5.91 Å². The molecule has 3 heterocycles. The number of anilines is 3. The molecule has 6 nitrogen and oxygen atoms in total. The average molecular weight is 460 g/mol. The topological polar surface area (TPSA) is 60.5 Å². The standard InChI is InChI=1S/C27H30FN5O/c1-18(2)32-13-15-33(16-14-32)22-6-3-19(4-7-22)23-9-10-25(31-26(23)28)30-21-5-8-24-20(17-21)11-12-29-27(24)34/h3-10,17-18H,11-16H2,1-2H3,(H,29,34)(H,30,31). The predicted molar refractivity (Wildman–Crippen MR) is 134 cm³/mol. The Labute approximate surface area is 199 Å². The molecule has 1 fully saturated rings. The number of amides is 1. The number of hydrogen-bond acceptors (Lipinski definition) is 5. The van der Waals surface area contributed by atoms with E-state index in [0.29, 0.717) is 29.5 Å². The lowest BCUT2D eigenvalue weighted by atomic mass is 10.00. The highest BCUT2D eigenvalue weighted by Gasteiger charge is 2.19. The molecular weight excluding hydrogens is 429 g/mol. The average Bonchev–Trinajstić information content (AvgIpc) is 2.84. The number of rotatable bonds is 5. The summed E-state index contributed by atoms with van der Waals surface area (Å²) in [5.74, 6) is -0.133. The molecule has 0 unspecified atom stereocenters. The highest BCUT2D eigenvalue weighted by Crippen LogP contribution is 2.28. The Kier molecular flexibility index (Phi) is 6.20. The van der Waals surface area contributed by atoms with Crippen LogP contribution in [0, 0.1) is 5.95 Å². The van der Waals surface area contributed by atoms with Crippen LogP contribution >= 0.6 is 0 Å². The van der Waals surface area contributed by atoms with Crippen molar-refractivity contribution in [2.75, 3.05) is 42.9 Å². The van der Waals surface area contributed by atoms with Crippen molar-refractivity contribution >= 4 is 23.1 Å². The molecule has 1 aromatic heterocycles. The lowest BCUT2D eigenvalue weighted by molar-refractivity contribution is 0.0946. The zero-order chi connectivity index (χ0) is 23.7. The first-order chi connectivity index (χ1) is 16.5. The number of benzene rings is 2. The van der Waals surface area contributed by atoms with Crippen molar-refractivity contribution in [1.82, 2.24) is 15.2 Å². The van der Waals surface area contributed by atoms with E-state index in [4.69, 9.17) is 0 Å². The molecule has 5 rings (SSSR count). The van der Waals surface area contributed by atoms with Crippen LogP contribution in [0.3, 0.4) is 0 Å². The monoisotopic (exact) mass is 459 g/mol. The van der Waals surface area contributed by atoms with Gasteiger partial charge in [-0.15, -0.1) is 0 Å². The smallest absolute Gasteiger partial charge is 0.251 e. The maximum absolute atomic E-state index is 14.9. The largest absolute Gasteiger partial charge is 0.369 e. The Bertz CT molecular complexity index is 1190. The SMILES string of the molecule is CC(C)N1CCN(c2ccc(-c3ccc(Nc4ccc5c(c4)CCNC5=O)nc3F)cc2)CC1. The molecule has 0 radical (unpaired) electrons. The fourth-order valence-corrected chi connectivity index (χ4v) is 4.72. The van der Waals surface area contributed by atoms with Crippen molar-refractivity contribution in [2.45, 2.75) is 26.3 Å². The lowest BCUT2D eigenvalue weighted by Crippen LogP contribution is -2.48. The third-order valence-electron chi connectivity index (χ3n) is 6.74. The molecule has 2 aliphatic heterocycles. The van der Waals surface area contributed by atoms with Crippen LogP contribution in [-0.4, -0.2) is 54.6 Å². The second-order valence-corrected chi connectivity index (χ2v) is 9.20. The molecule has 2 N–H and O–H groups in total. The van der Waals surface area contributed by atoms with Gasteiger partial charge in [0.05, 0.1) is 0 Å². The number of carbonyl (C=O) groups is 1. The van der Waals surface area contributed by atoms with Gasteiger partial charge in [0.1, 0.15) is 5.82 Å². The minimum absolute atomic E-state index is 0.0508. The van der Waals surface area contributed by atoms with Crippen molar-refractivity contribution < 1.29 is 9.18 Å². The number of fused-ring (bicyclic) bond motifs is 1. The number of aromatic nitrogens is 1. The summed E-state index contributed by atoms with van der Waals surface area (Å²) in [7, 11) is 0.